The van der Waals surface area contributed by atoms with Crippen LogP contribution in [0.5, 0.6) is 5.75 Å². The van der Waals surface area contributed by atoms with E-state index in [4.69, 9.17) is 9.15 Å². The average molecular weight is 392 g/mol. The number of carbonyl (C=O) groups is 2. The molecule has 0 spiro atoms. The summed E-state index contributed by atoms with van der Waals surface area (Å²) in [6, 6.07) is 15.9. The van der Waals surface area contributed by atoms with Crippen LogP contribution < -0.4 is 15.0 Å². The quantitative estimate of drug-likeness (QED) is 0.692. The molecular formula is C21H20N4O4. The number of rotatable bonds is 6. The number of nitrogens with one attached hydrogen (secondary N) is 1. The van der Waals surface area contributed by atoms with E-state index in [9.17, 15) is 9.59 Å². The summed E-state index contributed by atoms with van der Waals surface area (Å²) >= 11 is 0. The predicted octanol–water partition coefficient (Wildman–Crippen LogP) is 2.56. The molecule has 8 nitrogen and oxygen atoms in total. The van der Waals surface area contributed by atoms with Crippen molar-refractivity contribution in [1.82, 2.24) is 15.5 Å². The second-order valence-corrected chi connectivity index (χ2v) is 6.60. The Kier molecular flexibility index (Phi) is 5.24. The molecule has 1 aliphatic heterocycles. The van der Waals surface area contributed by atoms with Gasteiger partial charge in [0.25, 0.3) is 0 Å². The number of nitrogens with zero attached hydrogens (tertiary/aromatic N) is 3. The molecule has 4 rings (SSSR count). The molecule has 1 saturated heterocycles. The summed E-state index contributed by atoms with van der Waals surface area (Å²) in [5.74, 6) is 1.000. The van der Waals surface area contributed by atoms with Crippen LogP contribution in [0.15, 0.2) is 59.0 Å². The smallest absolute Gasteiger partial charge is 0.247 e. The third-order valence-corrected chi connectivity index (χ3v) is 4.75. The minimum absolute atomic E-state index is 0.0607. The normalized spacial score (nSPS) is 16.1. The molecule has 0 radical (unpaired) electrons. The summed E-state index contributed by atoms with van der Waals surface area (Å²) in [5, 5.41) is 10.8. The Hall–Kier alpha value is -3.68. The van der Waals surface area contributed by atoms with E-state index in [1.54, 1.807) is 18.1 Å². The number of ether oxygens (including phenoxy) is 1. The molecule has 3 aromatic rings. The highest BCUT2D eigenvalue weighted by Crippen LogP contribution is 2.27. The minimum Gasteiger partial charge on any atom is -0.497 e. The van der Waals surface area contributed by atoms with Gasteiger partial charge in [-0.05, 0) is 36.8 Å². The van der Waals surface area contributed by atoms with Gasteiger partial charge in [-0.15, -0.1) is 10.2 Å². The first-order valence-electron chi connectivity index (χ1n) is 9.27. The number of para-hydroxylation sites is 1. The summed E-state index contributed by atoms with van der Waals surface area (Å²) in [4.78, 5) is 26.5. The van der Waals surface area contributed by atoms with Crippen molar-refractivity contribution >= 4 is 17.5 Å². The Morgan fingerprint density at radius 3 is 2.83 bits per heavy atom. The number of anilines is 1. The lowest BCUT2D eigenvalue weighted by atomic mass is 10.2. The summed E-state index contributed by atoms with van der Waals surface area (Å²) in [6.45, 7) is 0.0864. The maximum absolute atomic E-state index is 12.7. The molecule has 8 heteroatoms. The first-order valence-corrected chi connectivity index (χ1v) is 9.27. The van der Waals surface area contributed by atoms with Crippen LogP contribution in [-0.2, 0) is 16.1 Å². The zero-order valence-electron chi connectivity index (χ0n) is 15.9. The monoisotopic (exact) mass is 392 g/mol. The largest absolute Gasteiger partial charge is 0.497 e. The Morgan fingerprint density at radius 1 is 1.21 bits per heavy atom. The van der Waals surface area contributed by atoms with E-state index in [2.05, 4.69) is 15.5 Å². The number of methoxy groups -OCH3 is 1. The van der Waals surface area contributed by atoms with Crippen LogP contribution in [-0.4, -0.2) is 35.2 Å². The Labute approximate surface area is 167 Å². The van der Waals surface area contributed by atoms with E-state index in [0.29, 0.717) is 30.2 Å². The Bertz CT molecular complexity index is 1020. The van der Waals surface area contributed by atoms with Crippen LogP contribution in [0.25, 0.3) is 11.5 Å². The standard InChI is InChI=1S/C21H20N4O4/c1-28-16-9-5-6-14(12-16)21-24-23-18(29-21)13-22-20(27)17-10-11-19(26)25(17)15-7-3-2-4-8-15/h2-9,12,17H,10-11,13H2,1H3,(H,22,27). The second kappa shape index (κ2) is 8.14. The molecule has 1 aliphatic rings. The van der Waals surface area contributed by atoms with Crippen LogP contribution in [0.3, 0.4) is 0 Å². The van der Waals surface area contributed by atoms with Gasteiger partial charge in [-0.25, -0.2) is 0 Å². The lowest BCUT2D eigenvalue weighted by Crippen LogP contribution is -2.44. The number of amides is 2. The summed E-state index contributed by atoms with van der Waals surface area (Å²) < 4.78 is 10.8. The van der Waals surface area contributed by atoms with Crippen LogP contribution in [0, 0.1) is 0 Å². The zero-order chi connectivity index (χ0) is 20.2. The fourth-order valence-corrected chi connectivity index (χ4v) is 3.32. The van der Waals surface area contributed by atoms with Gasteiger partial charge in [-0.1, -0.05) is 24.3 Å². The molecule has 148 valence electrons. The predicted molar refractivity (Wildman–Crippen MR) is 105 cm³/mol. The zero-order valence-corrected chi connectivity index (χ0v) is 15.9. The molecule has 1 unspecified atom stereocenters. The van der Waals surface area contributed by atoms with Crippen LogP contribution in [0.4, 0.5) is 5.69 Å². The molecule has 1 atom stereocenters. The highest BCUT2D eigenvalue weighted by Gasteiger charge is 2.37. The first kappa shape index (κ1) is 18.7. The number of benzene rings is 2. The van der Waals surface area contributed by atoms with Gasteiger partial charge in [0.05, 0.1) is 13.7 Å². The summed E-state index contributed by atoms with van der Waals surface area (Å²) in [7, 11) is 1.58. The fourth-order valence-electron chi connectivity index (χ4n) is 3.32. The molecule has 29 heavy (non-hydrogen) atoms. The van der Waals surface area contributed by atoms with Gasteiger partial charge < -0.3 is 14.5 Å². The van der Waals surface area contributed by atoms with Crippen molar-refractivity contribution in [3.8, 4) is 17.2 Å². The van der Waals surface area contributed by atoms with Crippen molar-refractivity contribution in [2.45, 2.75) is 25.4 Å². The maximum atomic E-state index is 12.7. The van der Waals surface area contributed by atoms with Crippen LogP contribution in [0.2, 0.25) is 0 Å². The van der Waals surface area contributed by atoms with Crippen molar-refractivity contribution in [2.24, 2.45) is 0 Å². The van der Waals surface area contributed by atoms with Crippen molar-refractivity contribution in [3.05, 3.63) is 60.5 Å². The molecule has 2 amide bonds. The van der Waals surface area contributed by atoms with E-state index < -0.39 is 6.04 Å². The lowest BCUT2D eigenvalue weighted by molar-refractivity contribution is -0.124. The van der Waals surface area contributed by atoms with Crippen molar-refractivity contribution in [2.75, 3.05) is 12.0 Å². The number of carbonyl (C=O) groups excluding carboxylic acids is 2. The van der Waals surface area contributed by atoms with Gasteiger partial charge in [0, 0.05) is 17.7 Å². The van der Waals surface area contributed by atoms with Gasteiger partial charge in [0.2, 0.25) is 23.6 Å². The molecule has 1 N–H and O–H groups in total. The third-order valence-electron chi connectivity index (χ3n) is 4.75. The van der Waals surface area contributed by atoms with Gasteiger partial charge in [-0.3, -0.25) is 14.5 Å². The molecule has 0 saturated carbocycles. The SMILES string of the molecule is COc1cccc(-c2nnc(CNC(=O)C3CCC(=O)N3c3ccccc3)o2)c1. The molecule has 1 fully saturated rings. The molecule has 0 bridgehead atoms. The Balaban J connectivity index is 1.42. The van der Waals surface area contributed by atoms with E-state index in [1.165, 1.54) is 0 Å². The van der Waals surface area contributed by atoms with Gasteiger partial charge in [0.1, 0.15) is 11.8 Å². The van der Waals surface area contributed by atoms with Crippen molar-refractivity contribution in [3.63, 3.8) is 0 Å². The topological polar surface area (TPSA) is 97.6 Å². The third kappa shape index (κ3) is 3.96. The summed E-state index contributed by atoms with van der Waals surface area (Å²) in [6.07, 6.45) is 0.811. The van der Waals surface area contributed by atoms with Crippen LogP contribution in [0.1, 0.15) is 18.7 Å². The van der Waals surface area contributed by atoms with E-state index in [-0.39, 0.29) is 24.2 Å². The van der Waals surface area contributed by atoms with E-state index >= 15 is 0 Å². The molecule has 2 aromatic carbocycles. The number of hydrogen-bond acceptors (Lipinski definition) is 6. The highest BCUT2D eigenvalue weighted by molar-refractivity contribution is 6.03. The van der Waals surface area contributed by atoms with Crippen molar-refractivity contribution < 1.29 is 18.7 Å². The fraction of sp³-hybridized carbons (Fsp3) is 0.238. The lowest BCUT2D eigenvalue weighted by Gasteiger charge is -2.23. The summed E-state index contributed by atoms with van der Waals surface area (Å²) in [5.41, 5.74) is 1.44. The highest BCUT2D eigenvalue weighted by atomic mass is 16.5. The van der Waals surface area contributed by atoms with Gasteiger partial charge in [0.15, 0.2) is 0 Å². The molecular weight excluding hydrogens is 372 g/mol. The van der Waals surface area contributed by atoms with E-state index in [0.717, 1.165) is 5.56 Å². The number of aromatic nitrogens is 2. The average Bonchev–Trinajstić information content (AvgIpc) is 3.39. The first-order chi connectivity index (χ1) is 14.2. The van der Waals surface area contributed by atoms with Gasteiger partial charge >= 0.3 is 0 Å². The van der Waals surface area contributed by atoms with E-state index in [1.807, 2.05) is 48.5 Å². The molecule has 2 heterocycles. The van der Waals surface area contributed by atoms with Crippen LogP contribution >= 0.6 is 0 Å². The molecule has 0 aliphatic carbocycles. The Morgan fingerprint density at radius 2 is 2.03 bits per heavy atom. The molecule has 1 aromatic heterocycles. The van der Waals surface area contributed by atoms with Gasteiger partial charge in [-0.2, -0.15) is 0 Å². The number of hydrogen-bond donors (Lipinski definition) is 1. The minimum atomic E-state index is -0.550. The maximum Gasteiger partial charge on any atom is 0.247 e. The van der Waals surface area contributed by atoms with Crippen molar-refractivity contribution in [1.29, 1.82) is 0 Å². The second-order valence-electron chi connectivity index (χ2n) is 6.60.